The summed E-state index contributed by atoms with van der Waals surface area (Å²) >= 11 is 0. The fourth-order valence-electron chi connectivity index (χ4n) is 19.9. The molecule has 20 atom stereocenters. The van der Waals surface area contributed by atoms with Crippen molar-refractivity contribution in [2.75, 3.05) is 13.2 Å². The zero-order valence-electron chi connectivity index (χ0n) is 67.3. The number of fused-ring (bicyclic) bond motifs is 4. The molecular weight excluding hydrogens is 1370 g/mol. The van der Waals surface area contributed by atoms with Gasteiger partial charge in [0.05, 0.1) is 61.1 Å². The SMILES string of the molecule is CC(=O)C1CC2CCCC2N1C(=O)C(C)CC(CCc1ccccc1)C(=O)O.CCCC(CC(C)C(=O)N1C(C(C)=O)CC2CCCCC21)C(=O)O.CCCC(CC(C)C(=O)N1C(C(C)=O)CC2CCCCC21)C(=O)OCC.CCOC(=O)C(CCc1ccccc1)CC(C)C(=O)N1C(C(C)=O)CC2CCCC21. The highest BCUT2D eigenvalue weighted by Crippen LogP contribution is 2.46. The van der Waals surface area contributed by atoms with Gasteiger partial charge in [-0.25, -0.2) is 0 Å². The van der Waals surface area contributed by atoms with Gasteiger partial charge in [-0.3, -0.25) is 57.5 Å². The number of hydrogen-bond donors (Lipinski definition) is 2. The standard InChI is InChI=1S/C25H35NO4.C23H31NO4.C21H35NO4.C19H31NO4/c1-4-30-25(29)21(14-13-19-9-6-5-7-10-19)15-17(2)24(28)26-22-12-8-11-20(22)16-23(26)18(3)27;1-15(13-19(23(27)28)12-11-17-7-4-3-5-8-17)22(26)24-20-10-6-9-18(20)14-21(24)16(2)25;1-5-9-17(21(25)26-6-2)12-14(3)20(24)22-18-11-8-7-10-16(18)13-19(22)15(4)23;1-4-7-15(19(23)24)10-12(2)18(22)20-16-9-6-5-8-14(16)11-17(20)13(3)21/h5-7,9-10,17,20-23H,4,8,11-16H2,1-3H3;3-5,7-8,15,18-21H,6,9-14H2,1-2H3,(H,27,28);14,16-19H,5-13H2,1-4H3;12,14-17H,4-11H2,1-3H3,(H,23,24). The number of carbonyl (C=O) groups is 12. The smallest absolute Gasteiger partial charge is 0.308 e. The molecule has 20 unspecified atom stereocenters. The van der Waals surface area contributed by atoms with Crippen molar-refractivity contribution in [2.24, 2.45) is 71.0 Å². The molecule has 4 amide bonds. The first-order valence-electron chi connectivity index (χ1n) is 41.7. The van der Waals surface area contributed by atoms with Crippen molar-refractivity contribution in [3.63, 3.8) is 0 Å². The van der Waals surface area contributed by atoms with E-state index in [2.05, 4.69) is 12.1 Å². The maximum atomic E-state index is 13.4. The first-order chi connectivity index (χ1) is 51.6. The molecule has 4 heterocycles. The minimum atomic E-state index is -0.848. The predicted octanol–water partition coefficient (Wildman–Crippen LogP) is 14.9. The van der Waals surface area contributed by atoms with E-state index in [-0.39, 0.29) is 137 Å². The molecule has 108 heavy (non-hydrogen) atoms. The Labute approximate surface area is 644 Å². The molecule has 2 aromatic carbocycles. The topological polar surface area (TPSA) is 277 Å². The molecule has 4 aliphatic carbocycles. The molecule has 2 N–H and O–H groups in total. The van der Waals surface area contributed by atoms with Crippen LogP contribution in [0.15, 0.2) is 60.7 Å². The molecule has 0 bridgehead atoms. The lowest BCUT2D eigenvalue weighted by Gasteiger charge is -2.35. The largest absolute Gasteiger partial charge is 0.481 e. The van der Waals surface area contributed by atoms with Crippen LogP contribution in [0.2, 0.25) is 0 Å². The van der Waals surface area contributed by atoms with Crippen molar-refractivity contribution >= 4 is 70.6 Å². The molecule has 2 aromatic rings. The van der Waals surface area contributed by atoms with Gasteiger partial charge in [0.25, 0.3) is 0 Å². The van der Waals surface area contributed by atoms with Crippen molar-refractivity contribution < 1.29 is 77.2 Å². The summed E-state index contributed by atoms with van der Waals surface area (Å²) in [6.45, 7) is 22.1. The van der Waals surface area contributed by atoms with Crippen molar-refractivity contribution in [2.45, 2.75) is 324 Å². The predicted molar refractivity (Wildman–Crippen MR) is 414 cm³/mol. The summed E-state index contributed by atoms with van der Waals surface area (Å²) in [5.74, 6) is -2.92. The number of amides is 4. The van der Waals surface area contributed by atoms with Crippen LogP contribution in [0.25, 0.3) is 0 Å². The van der Waals surface area contributed by atoms with Crippen LogP contribution in [0.3, 0.4) is 0 Å². The van der Waals surface area contributed by atoms with Gasteiger partial charge in [-0.2, -0.15) is 0 Å². The van der Waals surface area contributed by atoms with E-state index in [9.17, 15) is 67.7 Å². The van der Waals surface area contributed by atoms with Gasteiger partial charge in [0.2, 0.25) is 23.6 Å². The number of aliphatic carboxylic acids is 2. The highest BCUT2D eigenvalue weighted by atomic mass is 16.5. The lowest BCUT2D eigenvalue weighted by Crippen LogP contribution is -2.48. The second kappa shape index (κ2) is 42.9. The number of aryl methyl sites for hydroxylation is 2. The summed E-state index contributed by atoms with van der Waals surface area (Å²) < 4.78 is 10.5. The van der Waals surface area contributed by atoms with Crippen molar-refractivity contribution in [3.8, 4) is 0 Å². The van der Waals surface area contributed by atoms with Gasteiger partial charge in [0.1, 0.15) is 0 Å². The molecule has 20 heteroatoms. The highest BCUT2D eigenvalue weighted by Gasteiger charge is 2.52. The van der Waals surface area contributed by atoms with Gasteiger partial charge in [0.15, 0.2) is 23.1 Å². The summed E-state index contributed by atoms with van der Waals surface area (Å²) in [7, 11) is 0. The fourth-order valence-corrected chi connectivity index (χ4v) is 19.9. The van der Waals surface area contributed by atoms with Crippen LogP contribution < -0.4 is 0 Å². The molecule has 0 aromatic heterocycles. The third-order valence-electron chi connectivity index (χ3n) is 25.4. The Bertz CT molecular complexity index is 3320. The minimum Gasteiger partial charge on any atom is -0.481 e. The van der Waals surface area contributed by atoms with Crippen LogP contribution in [-0.4, -0.2) is 162 Å². The molecule has 10 rings (SSSR count). The quantitative estimate of drug-likeness (QED) is 0.0644. The second-order valence-corrected chi connectivity index (χ2v) is 33.3. The van der Waals surface area contributed by atoms with Crippen molar-refractivity contribution in [1.29, 1.82) is 0 Å². The van der Waals surface area contributed by atoms with E-state index in [1.54, 1.807) is 34.6 Å². The average molecular weight is 1500 g/mol. The van der Waals surface area contributed by atoms with Crippen LogP contribution in [0.5, 0.6) is 0 Å². The lowest BCUT2D eigenvalue weighted by atomic mass is 9.84. The molecule has 0 spiro atoms. The number of rotatable bonds is 32. The van der Waals surface area contributed by atoms with Gasteiger partial charge in [0, 0.05) is 47.8 Å². The number of hydrogen-bond acceptors (Lipinski definition) is 14. The van der Waals surface area contributed by atoms with Crippen LogP contribution in [0.4, 0.5) is 0 Å². The molecule has 600 valence electrons. The number of Topliss-reactive ketones (excluding diaryl/α,β-unsaturated/α-hetero) is 4. The normalized spacial score (nSPS) is 26.7. The zero-order chi connectivity index (χ0) is 79.1. The number of ketones is 4. The average Bonchev–Trinajstić information content (AvgIpc) is 1.65. The maximum Gasteiger partial charge on any atom is 0.308 e. The Morgan fingerprint density at radius 3 is 0.898 bits per heavy atom. The van der Waals surface area contributed by atoms with E-state index < -0.39 is 29.7 Å². The van der Waals surface area contributed by atoms with Crippen LogP contribution in [0.1, 0.15) is 274 Å². The second-order valence-electron chi connectivity index (χ2n) is 33.3. The number of carboxylic acids is 2. The first kappa shape index (κ1) is 88.1. The van der Waals surface area contributed by atoms with Gasteiger partial charge in [-0.1, -0.05) is 154 Å². The van der Waals surface area contributed by atoms with Gasteiger partial charge in [-0.15, -0.1) is 0 Å². The van der Waals surface area contributed by atoms with E-state index in [1.807, 2.05) is 117 Å². The number of likely N-dealkylation sites (tertiary alicyclic amines) is 4. The summed E-state index contributed by atoms with van der Waals surface area (Å²) in [5, 5.41) is 19.0. The summed E-state index contributed by atoms with van der Waals surface area (Å²) in [6.07, 6.45) is 25.6. The molecular formula is C88H132N4O16. The third-order valence-corrected chi connectivity index (χ3v) is 25.4. The van der Waals surface area contributed by atoms with Crippen molar-refractivity contribution in [1.82, 2.24) is 19.6 Å². The van der Waals surface area contributed by atoms with E-state index >= 15 is 0 Å². The Hall–Kier alpha value is -7.12. The van der Waals surface area contributed by atoms with E-state index in [1.165, 1.54) is 18.4 Å². The number of nitrogens with zero attached hydrogens (tertiary/aromatic N) is 4. The van der Waals surface area contributed by atoms with Gasteiger partial charge in [-0.05, 0) is 218 Å². The molecule has 4 saturated heterocycles. The lowest BCUT2D eigenvalue weighted by molar-refractivity contribution is -0.151. The van der Waals surface area contributed by atoms with E-state index in [4.69, 9.17) is 9.47 Å². The zero-order valence-corrected chi connectivity index (χ0v) is 67.3. The number of carbonyl (C=O) groups excluding carboxylic acids is 10. The summed E-state index contributed by atoms with van der Waals surface area (Å²) in [4.78, 5) is 157. The fraction of sp³-hybridized carbons (Fsp3) is 0.727. The highest BCUT2D eigenvalue weighted by molar-refractivity contribution is 5.92. The Morgan fingerprint density at radius 1 is 0.361 bits per heavy atom. The van der Waals surface area contributed by atoms with Crippen LogP contribution >= 0.6 is 0 Å². The molecule has 8 aliphatic rings. The monoisotopic (exact) mass is 1500 g/mol. The summed E-state index contributed by atoms with van der Waals surface area (Å²) in [6, 6.07) is 19.5. The minimum absolute atomic E-state index is 0.0213. The van der Waals surface area contributed by atoms with Gasteiger partial charge < -0.3 is 39.3 Å². The molecule has 8 fully saturated rings. The molecule has 4 aliphatic heterocycles. The maximum absolute atomic E-state index is 13.4. The third kappa shape index (κ3) is 23.5. The van der Waals surface area contributed by atoms with Crippen LogP contribution in [-0.2, 0) is 79.8 Å². The van der Waals surface area contributed by atoms with Gasteiger partial charge >= 0.3 is 23.9 Å². The molecule has 0 radical (unpaired) electrons. The van der Waals surface area contributed by atoms with E-state index in [0.29, 0.717) is 88.3 Å². The molecule has 20 nitrogen and oxygen atoms in total. The Morgan fingerprint density at radius 2 is 0.611 bits per heavy atom. The Kier molecular flexibility index (Phi) is 35.0. The van der Waals surface area contributed by atoms with E-state index in [0.717, 1.165) is 134 Å². The first-order valence-corrected chi connectivity index (χ1v) is 41.7. The van der Waals surface area contributed by atoms with Crippen LogP contribution in [0, 0.1) is 71.0 Å². The number of esters is 2. The molecule has 4 saturated carbocycles. The number of benzene rings is 2. The number of ether oxygens (including phenoxy) is 2. The van der Waals surface area contributed by atoms with Crippen molar-refractivity contribution in [3.05, 3.63) is 71.8 Å². The Balaban J connectivity index is 0.000000201. The summed E-state index contributed by atoms with van der Waals surface area (Å²) in [5.41, 5.74) is 2.29. The number of carboxylic acid groups (broad SMARTS) is 2.